The van der Waals surface area contributed by atoms with Crippen LogP contribution in [0.15, 0.2) is 23.3 Å². The fourth-order valence-corrected chi connectivity index (χ4v) is 9.46. The van der Waals surface area contributed by atoms with Gasteiger partial charge in [-0.15, -0.1) is 0 Å². The van der Waals surface area contributed by atoms with Gasteiger partial charge in [-0.25, -0.2) is 4.79 Å². The van der Waals surface area contributed by atoms with Crippen LogP contribution in [-0.2, 0) is 19.1 Å². The highest BCUT2D eigenvalue weighted by molar-refractivity contribution is 5.97. The number of carbonyl (C=O) groups excluding carboxylic acids is 2. The molecule has 192 valence electrons. The molecular formula is C28H38O7. The number of esters is 1. The van der Waals surface area contributed by atoms with Crippen molar-refractivity contribution in [3.63, 3.8) is 0 Å². The number of allylic oxidation sites excluding steroid dienone is 1. The highest BCUT2D eigenvalue weighted by Crippen LogP contribution is 2.71. The number of hydrogen-bond donors (Lipinski definition) is 3. The van der Waals surface area contributed by atoms with Gasteiger partial charge < -0.3 is 24.8 Å². The predicted octanol–water partition coefficient (Wildman–Crippen LogP) is 2.32. The average Bonchev–Trinajstić information content (AvgIpc) is 3.53. The monoisotopic (exact) mass is 486 g/mol. The predicted molar refractivity (Wildman–Crippen MR) is 126 cm³/mol. The molecule has 0 aromatic heterocycles. The van der Waals surface area contributed by atoms with Crippen LogP contribution in [-0.4, -0.2) is 63.7 Å². The minimum absolute atomic E-state index is 0.0432. The molecule has 6 rings (SSSR count). The highest BCUT2D eigenvalue weighted by atomic mass is 16.6. The van der Waals surface area contributed by atoms with Crippen LogP contribution >= 0.6 is 0 Å². The molecule has 0 bridgehead atoms. The number of ketones is 1. The van der Waals surface area contributed by atoms with E-state index >= 15 is 0 Å². The zero-order valence-corrected chi connectivity index (χ0v) is 21.1. The molecule has 35 heavy (non-hydrogen) atoms. The maximum atomic E-state index is 13.3. The Morgan fingerprint density at radius 2 is 1.94 bits per heavy atom. The standard InChI is InChI=1S/C28H38O7/c1-13-10-19(34-25(32)15(13)12-29)14(2)16-7-8-17-22-18(11-21(31)26(16,17)3)27(4)20(30)6-5-9-28(27,33)24-23(22)35-24/h5-6,14,16-19,21-24,29,31,33H,7-12H2,1-4H3/t14-,16+,17-,18-,19+,21+,22-,23-,24-,26+,27-,28-/m0/s1. The maximum Gasteiger partial charge on any atom is 0.336 e. The highest BCUT2D eigenvalue weighted by Gasteiger charge is 2.78. The maximum absolute atomic E-state index is 13.3. The van der Waals surface area contributed by atoms with E-state index in [1.54, 1.807) is 12.2 Å². The Morgan fingerprint density at radius 3 is 2.63 bits per heavy atom. The summed E-state index contributed by atoms with van der Waals surface area (Å²) in [6.45, 7) is 7.78. The van der Waals surface area contributed by atoms with Crippen LogP contribution in [0.1, 0.15) is 59.8 Å². The SMILES string of the molecule is CC1=C(CO)C(=O)O[C@@H]([C@@H](C)[C@H]2CC[C@H]3[C@@H]4[C@@H]5O[C@@H]5[C@@]5(O)CC=CC(=O)[C@]5(C)[C@H]4C[C@@H](O)[C@]23C)C1. The van der Waals surface area contributed by atoms with Crippen molar-refractivity contribution >= 4 is 11.8 Å². The van der Waals surface area contributed by atoms with Gasteiger partial charge in [0.1, 0.15) is 17.8 Å². The second-order valence-electron chi connectivity index (χ2n) is 12.6. The number of epoxide rings is 1. The Morgan fingerprint density at radius 1 is 1.20 bits per heavy atom. The second kappa shape index (κ2) is 7.50. The molecule has 6 aliphatic rings. The number of ether oxygens (including phenoxy) is 2. The normalized spacial score (nSPS) is 53.3. The number of hydrogen-bond acceptors (Lipinski definition) is 7. The van der Waals surface area contributed by atoms with Crippen molar-refractivity contribution < 1.29 is 34.4 Å². The van der Waals surface area contributed by atoms with E-state index in [1.807, 2.05) is 13.8 Å². The van der Waals surface area contributed by atoms with E-state index in [0.29, 0.717) is 24.8 Å². The number of rotatable bonds is 3. The van der Waals surface area contributed by atoms with E-state index in [1.165, 1.54) is 0 Å². The summed E-state index contributed by atoms with van der Waals surface area (Å²) in [6.07, 6.45) is 5.38. The fraction of sp³-hybridized carbons (Fsp3) is 0.786. The van der Waals surface area contributed by atoms with Crippen molar-refractivity contribution in [2.45, 2.75) is 89.8 Å². The third-order valence-corrected chi connectivity index (χ3v) is 11.6. The van der Waals surface area contributed by atoms with Crippen molar-refractivity contribution in [3.8, 4) is 0 Å². The lowest BCUT2D eigenvalue weighted by molar-refractivity contribution is -0.201. The van der Waals surface area contributed by atoms with Crippen molar-refractivity contribution in [1.29, 1.82) is 0 Å². The molecular weight excluding hydrogens is 448 g/mol. The van der Waals surface area contributed by atoms with Crippen LogP contribution in [0.3, 0.4) is 0 Å². The van der Waals surface area contributed by atoms with Gasteiger partial charge in [0.25, 0.3) is 0 Å². The number of aliphatic hydroxyl groups excluding tert-OH is 2. The summed E-state index contributed by atoms with van der Waals surface area (Å²) in [7, 11) is 0. The summed E-state index contributed by atoms with van der Waals surface area (Å²) in [5, 5.41) is 33.0. The number of aliphatic hydroxyl groups is 3. The Balaban J connectivity index is 1.32. The smallest absolute Gasteiger partial charge is 0.336 e. The molecule has 12 atom stereocenters. The molecule has 7 heteroatoms. The van der Waals surface area contributed by atoms with E-state index in [4.69, 9.17) is 9.47 Å². The molecule has 4 aliphatic carbocycles. The van der Waals surface area contributed by atoms with E-state index in [9.17, 15) is 24.9 Å². The van der Waals surface area contributed by atoms with Crippen LogP contribution < -0.4 is 0 Å². The van der Waals surface area contributed by atoms with Gasteiger partial charge >= 0.3 is 5.97 Å². The van der Waals surface area contributed by atoms with Crippen LogP contribution in [0.5, 0.6) is 0 Å². The van der Waals surface area contributed by atoms with E-state index < -0.39 is 28.5 Å². The fourth-order valence-electron chi connectivity index (χ4n) is 9.46. The third-order valence-electron chi connectivity index (χ3n) is 11.6. The molecule has 0 unspecified atom stereocenters. The van der Waals surface area contributed by atoms with Crippen molar-refractivity contribution in [2.75, 3.05) is 6.61 Å². The van der Waals surface area contributed by atoms with Gasteiger partial charge in [-0.2, -0.15) is 0 Å². The Hall–Kier alpha value is -1.54. The summed E-state index contributed by atoms with van der Waals surface area (Å²) in [4.78, 5) is 25.8. The molecule has 7 nitrogen and oxygen atoms in total. The van der Waals surface area contributed by atoms with Crippen LogP contribution in [0.2, 0.25) is 0 Å². The largest absolute Gasteiger partial charge is 0.458 e. The van der Waals surface area contributed by atoms with Crippen molar-refractivity contribution in [2.24, 2.45) is 40.4 Å². The summed E-state index contributed by atoms with van der Waals surface area (Å²) < 4.78 is 12.0. The van der Waals surface area contributed by atoms with Gasteiger partial charge in [-0.3, -0.25) is 4.79 Å². The number of cyclic esters (lactones) is 1. The average molecular weight is 487 g/mol. The zero-order valence-electron chi connectivity index (χ0n) is 21.1. The summed E-state index contributed by atoms with van der Waals surface area (Å²) >= 11 is 0. The minimum atomic E-state index is -1.21. The first kappa shape index (κ1) is 23.8. The molecule has 0 amide bonds. The quantitative estimate of drug-likeness (QED) is 0.414. The minimum Gasteiger partial charge on any atom is -0.458 e. The molecule has 0 aromatic rings. The molecule has 0 radical (unpaired) electrons. The molecule has 0 spiro atoms. The van der Waals surface area contributed by atoms with Crippen LogP contribution in [0.25, 0.3) is 0 Å². The first-order chi connectivity index (χ1) is 16.5. The lowest BCUT2D eigenvalue weighted by Crippen LogP contribution is -2.69. The molecule has 3 N–H and O–H groups in total. The first-order valence-corrected chi connectivity index (χ1v) is 13.3. The second-order valence-corrected chi connectivity index (χ2v) is 12.6. The van der Waals surface area contributed by atoms with Crippen LogP contribution in [0, 0.1) is 40.4 Å². The molecule has 2 aliphatic heterocycles. The van der Waals surface area contributed by atoms with E-state index in [-0.39, 0.29) is 60.3 Å². The summed E-state index contributed by atoms with van der Waals surface area (Å²) in [5.74, 6) is -0.148. The topological polar surface area (TPSA) is 117 Å². The first-order valence-electron chi connectivity index (χ1n) is 13.3. The number of fused-ring (bicyclic) bond motifs is 8. The summed E-state index contributed by atoms with van der Waals surface area (Å²) in [5.41, 5.74) is -1.33. The molecule has 1 saturated heterocycles. The lowest BCUT2D eigenvalue weighted by atomic mass is 9.43. The van der Waals surface area contributed by atoms with Crippen molar-refractivity contribution in [3.05, 3.63) is 23.3 Å². The number of carbonyl (C=O) groups is 2. The Bertz CT molecular complexity index is 1030. The van der Waals surface area contributed by atoms with Gasteiger partial charge in [0.05, 0.1) is 29.8 Å². The zero-order chi connectivity index (χ0) is 25.1. The molecule has 0 aromatic carbocycles. The van der Waals surface area contributed by atoms with Gasteiger partial charge in [0.2, 0.25) is 0 Å². The molecule has 2 heterocycles. The van der Waals surface area contributed by atoms with Gasteiger partial charge in [-0.05, 0) is 80.6 Å². The van der Waals surface area contributed by atoms with Crippen LogP contribution in [0.4, 0.5) is 0 Å². The van der Waals surface area contributed by atoms with Gasteiger partial charge in [-0.1, -0.05) is 25.5 Å². The van der Waals surface area contributed by atoms with Gasteiger partial charge in [0.15, 0.2) is 5.78 Å². The van der Waals surface area contributed by atoms with Gasteiger partial charge in [0, 0.05) is 6.42 Å². The van der Waals surface area contributed by atoms with E-state index in [2.05, 4.69) is 13.8 Å². The Labute approximate surface area is 206 Å². The van der Waals surface area contributed by atoms with Crippen molar-refractivity contribution in [1.82, 2.24) is 0 Å². The Kier molecular flexibility index (Phi) is 5.11. The summed E-state index contributed by atoms with van der Waals surface area (Å²) in [6, 6.07) is 0. The molecule has 4 fully saturated rings. The lowest BCUT2D eigenvalue weighted by Gasteiger charge is -2.61. The van der Waals surface area contributed by atoms with E-state index in [0.717, 1.165) is 18.4 Å². The third kappa shape index (κ3) is 2.81. The molecule has 3 saturated carbocycles.